The number of aliphatic hydroxyl groups is 2. The monoisotopic (exact) mass is 453 g/mol. The molecule has 0 aliphatic heterocycles. The van der Waals surface area contributed by atoms with Crippen molar-refractivity contribution in [3.8, 4) is 6.07 Å². The Morgan fingerprint density at radius 3 is 2.67 bits per heavy atom. The fourth-order valence-electron chi connectivity index (χ4n) is 9.71. The van der Waals surface area contributed by atoms with Gasteiger partial charge in [-0.1, -0.05) is 20.3 Å². The molecule has 0 radical (unpaired) electrons. The molecule has 2 N–H and O–H groups in total. The van der Waals surface area contributed by atoms with Crippen molar-refractivity contribution in [2.75, 3.05) is 0 Å². The number of fused-ring (bicyclic) bond motifs is 5. The van der Waals surface area contributed by atoms with Gasteiger partial charge in [0.15, 0.2) is 0 Å². The quantitative estimate of drug-likeness (QED) is 0.659. The molecule has 1 heterocycles. The molecule has 0 bridgehead atoms. The number of hydrogen-bond donors (Lipinski definition) is 2. The predicted octanol–water partition coefficient (Wildman–Crippen LogP) is 5.16. The largest absolute Gasteiger partial charge is 0.390 e. The Morgan fingerprint density at radius 2 is 1.97 bits per heavy atom. The molecule has 1 aromatic heterocycles. The zero-order chi connectivity index (χ0) is 23.6. The minimum absolute atomic E-state index is 0.174. The van der Waals surface area contributed by atoms with Crippen molar-refractivity contribution in [2.45, 2.75) is 103 Å². The fraction of sp³-hybridized carbons (Fsp3) is 0.857. The van der Waals surface area contributed by atoms with Crippen LogP contribution in [0.2, 0.25) is 0 Å². The van der Waals surface area contributed by atoms with Crippen LogP contribution in [0.15, 0.2) is 12.4 Å². The van der Waals surface area contributed by atoms with Gasteiger partial charge in [0.2, 0.25) is 0 Å². The molecule has 182 valence electrons. The van der Waals surface area contributed by atoms with E-state index in [1.54, 1.807) is 17.1 Å². The number of hydrogen-bond acceptors (Lipinski definition) is 4. The molecule has 5 nitrogen and oxygen atoms in total. The van der Waals surface area contributed by atoms with Gasteiger partial charge < -0.3 is 10.2 Å². The van der Waals surface area contributed by atoms with Crippen molar-refractivity contribution in [3.63, 3.8) is 0 Å². The Bertz CT molecular complexity index is 914. The summed E-state index contributed by atoms with van der Waals surface area (Å²) in [7, 11) is 0. The zero-order valence-corrected chi connectivity index (χ0v) is 21.0. The number of rotatable bonds is 4. The maximum atomic E-state index is 11.7. The maximum Gasteiger partial charge on any atom is 0.102 e. The van der Waals surface area contributed by atoms with Crippen molar-refractivity contribution < 1.29 is 10.2 Å². The SMILES string of the molecule is CC[C@H]1C[C@H]2[C@H](CC[C@@H]3[C@@H]2CC[C@]2(C)[C@@H](C(C)(O)Cn4cc(C#N)cn4)CC[C@@H]32)C[C@]1(C)O. The van der Waals surface area contributed by atoms with E-state index in [-0.39, 0.29) is 11.3 Å². The van der Waals surface area contributed by atoms with Gasteiger partial charge in [-0.25, -0.2) is 0 Å². The maximum absolute atomic E-state index is 11.7. The minimum Gasteiger partial charge on any atom is -0.390 e. The average Bonchev–Trinajstić information content (AvgIpc) is 3.35. The molecule has 4 aliphatic carbocycles. The summed E-state index contributed by atoms with van der Waals surface area (Å²) in [4.78, 5) is 0. The third-order valence-corrected chi connectivity index (χ3v) is 11.1. The van der Waals surface area contributed by atoms with Crippen LogP contribution < -0.4 is 0 Å². The molecule has 0 amide bonds. The molecule has 0 aromatic carbocycles. The summed E-state index contributed by atoms with van der Waals surface area (Å²) in [6, 6.07) is 2.14. The summed E-state index contributed by atoms with van der Waals surface area (Å²) in [5.74, 6) is 4.47. The molecule has 4 saturated carbocycles. The first kappa shape index (κ1) is 23.4. The highest BCUT2D eigenvalue weighted by Crippen LogP contribution is 2.66. The highest BCUT2D eigenvalue weighted by molar-refractivity contribution is 5.21. The molecule has 5 heteroatoms. The molecule has 33 heavy (non-hydrogen) atoms. The highest BCUT2D eigenvalue weighted by atomic mass is 16.3. The van der Waals surface area contributed by atoms with Crippen LogP contribution in [0, 0.1) is 58.2 Å². The van der Waals surface area contributed by atoms with Crippen LogP contribution in [0.25, 0.3) is 0 Å². The van der Waals surface area contributed by atoms with Crippen LogP contribution in [0.5, 0.6) is 0 Å². The minimum atomic E-state index is -0.830. The van der Waals surface area contributed by atoms with Gasteiger partial charge in [0, 0.05) is 6.20 Å². The first-order valence-corrected chi connectivity index (χ1v) is 13.5. The van der Waals surface area contributed by atoms with Gasteiger partial charge in [-0.3, -0.25) is 4.68 Å². The average molecular weight is 454 g/mol. The van der Waals surface area contributed by atoms with Gasteiger partial charge in [0.05, 0.1) is 29.5 Å². The normalized spacial score (nSPS) is 46.5. The molecule has 5 rings (SSSR count). The lowest BCUT2D eigenvalue weighted by Gasteiger charge is -2.59. The van der Waals surface area contributed by atoms with Crippen LogP contribution in [0.4, 0.5) is 0 Å². The van der Waals surface area contributed by atoms with Gasteiger partial charge in [-0.2, -0.15) is 10.4 Å². The Kier molecular flexibility index (Phi) is 5.73. The lowest BCUT2D eigenvalue weighted by atomic mass is 9.47. The topological polar surface area (TPSA) is 82.1 Å². The van der Waals surface area contributed by atoms with Crippen molar-refractivity contribution in [1.29, 1.82) is 5.26 Å². The van der Waals surface area contributed by atoms with Crippen LogP contribution >= 0.6 is 0 Å². The molecule has 1 unspecified atom stereocenters. The van der Waals surface area contributed by atoms with Crippen LogP contribution in [-0.2, 0) is 6.54 Å². The summed E-state index contributed by atoms with van der Waals surface area (Å²) < 4.78 is 1.75. The van der Waals surface area contributed by atoms with Gasteiger partial charge in [0.25, 0.3) is 0 Å². The first-order chi connectivity index (χ1) is 15.6. The van der Waals surface area contributed by atoms with E-state index in [1.807, 2.05) is 6.92 Å². The van der Waals surface area contributed by atoms with E-state index in [1.165, 1.54) is 38.5 Å². The van der Waals surface area contributed by atoms with E-state index in [2.05, 4.69) is 31.9 Å². The Hall–Kier alpha value is -1.38. The van der Waals surface area contributed by atoms with Crippen molar-refractivity contribution in [1.82, 2.24) is 9.78 Å². The Balaban J connectivity index is 1.34. The zero-order valence-electron chi connectivity index (χ0n) is 21.0. The van der Waals surface area contributed by atoms with E-state index in [0.29, 0.717) is 29.9 Å². The molecule has 0 saturated heterocycles. The van der Waals surface area contributed by atoms with Gasteiger partial charge >= 0.3 is 0 Å². The first-order valence-electron chi connectivity index (χ1n) is 13.5. The van der Waals surface area contributed by atoms with Gasteiger partial charge in [-0.05, 0) is 112 Å². The van der Waals surface area contributed by atoms with Crippen molar-refractivity contribution >= 4 is 0 Å². The lowest BCUT2D eigenvalue weighted by Crippen LogP contribution is -2.55. The smallest absolute Gasteiger partial charge is 0.102 e. The second-order valence-corrected chi connectivity index (χ2v) is 12.9. The molecule has 1 aromatic rings. The second-order valence-electron chi connectivity index (χ2n) is 12.9. The summed E-state index contributed by atoms with van der Waals surface area (Å²) in [5, 5.41) is 36.2. The molecule has 4 aliphatic rings. The Morgan fingerprint density at radius 1 is 1.18 bits per heavy atom. The van der Waals surface area contributed by atoms with Crippen molar-refractivity contribution in [3.05, 3.63) is 18.0 Å². The van der Waals surface area contributed by atoms with Gasteiger partial charge in [0.1, 0.15) is 6.07 Å². The molecule has 10 atom stereocenters. The van der Waals surface area contributed by atoms with E-state index >= 15 is 0 Å². The highest BCUT2D eigenvalue weighted by Gasteiger charge is 2.61. The number of nitriles is 1. The summed E-state index contributed by atoms with van der Waals surface area (Å²) >= 11 is 0. The number of nitrogens with zero attached hydrogens (tertiary/aromatic N) is 3. The van der Waals surface area contributed by atoms with E-state index in [0.717, 1.165) is 37.0 Å². The summed E-state index contributed by atoms with van der Waals surface area (Å²) in [6.45, 7) is 9.26. The van der Waals surface area contributed by atoms with Gasteiger partial charge in [-0.15, -0.1) is 0 Å². The summed E-state index contributed by atoms with van der Waals surface area (Å²) in [5.41, 5.74) is -0.590. The number of aromatic nitrogens is 2. The van der Waals surface area contributed by atoms with E-state index in [9.17, 15) is 10.2 Å². The van der Waals surface area contributed by atoms with Crippen LogP contribution in [0.1, 0.15) is 91.0 Å². The third kappa shape index (κ3) is 3.76. The van der Waals surface area contributed by atoms with Crippen LogP contribution in [-0.4, -0.2) is 31.2 Å². The standard InChI is InChI=1S/C28H43N3O2/c1-5-20-12-23-19(13-27(20,3)32)6-7-22-21(23)10-11-26(2)24(22)8-9-25(26)28(4,33)17-31-16-18(14-29)15-30-31/h15-16,19-25,32-33H,5-13,17H2,1-4H3/t19-,20+,21+,22-,23+,24+,25+,26+,27+,28?/m1/s1. The van der Waals surface area contributed by atoms with E-state index < -0.39 is 11.2 Å². The summed E-state index contributed by atoms with van der Waals surface area (Å²) in [6.07, 6.45) is 14.0. The molecular formula is C28H43N3O2. The van der Waals surface area contributed by atoms with Crippen molar-refractivity contribution in [2.24, 2.45) is 46.8 Å². The predicted molar refractivity (Wildman–Crippen MR) is 128 cm³/mol. The lowest BCUT2D eigenvalue weighted by molar-refractivity contribution is -0.141. The Labute approximate surface area is 199 Å². The molecule has 0 spiro atoms. The third-order valence-electron chi connectivity index (χ3n) is 11.1. The molecule has 4 fully saturated rings. The second kappa shape index (κ2) is 8.09. The van der Waals surface area contributed by atoms with E-state index in [4.69, 9.17) is 5.26 Å². The fourth-order valence-corrected chi connectivity index (χ4v) is 9.71. The molecular weight excluding hydrogens is 410 g/mol. The van der Waals surface area contributed by atoms with Crippen LogP contribution in [0.3, 0.4) is 0 Å².